The zero-order valence-electron chi connectivity index (χ0n) is 26.5. The molecule has 1 atom stereocenters. The number of aryl methyl sites for hydroxylation is 1. The number of ether oxygens (including phenoxy) is 2. The largest absolute Gasteiger partial charge is 0.462 e. The number of rotatable bonds is 17. The highest BCUT2D eigenvalue weighted by atomic mass is 16.5. The molecule has 0 N–H and O–H groups in total. The van der Waals surface area contributed by atoms with Gasteiger partial charge in [0.25, 0.3) is 0 Å². The maximum Gasteiger partial charge on any atom is 0.339 e. The van der Waals surface area contributed by atoms with Crippen molar-refractivity contribution in [1.82, 2.24) is 0 Å². The Morgan fingerprint density at radius 3 is 1.60 bits per heavy atom. The van der Waals surface area contributed by atoms with Crippen LogP contribution in [0.5, 0.6) is 0 Å². The molecule has 0 bridgehead atoms. The fourth-order valence-electron chi connectivity index (χ4n) is 5.68. The van der Waals surface area contributed by atoms with E-state index in [0.29, 0.717) is 30.3 Å². The van der Waals surface area contributed by atoms with Gasteiger partial charge in [0.1, 0.15) is 0 Å². The van der Waals surface area contributed by atoms with Crippen LogP contribution in [0.1, 0.15) is 141 Å². The van der Waals surface area contributed by atoms with E-state index >= 15 is 0 Å². The van der Waals surface area contributed by atoms with Crippen molar-refractivity contribution in [1.29, 1.82) is 0 Å². The number of benzene rings is 3. The first kappa shape index (κ1) is 34.1. The van der Waals surface area contributed by atoms with E-state index in [0.717, 1.165) is 25.7 Å². The summed E-state index contributed by atoms with van der Waals surface area (Å²) in [5.41, 5.74) is 5.11. The molecule has 0 saturated carbocycles. The summed E-state index contributed by atoms with van der Waals surface area (Å²) in [5.74, 6) is -0.260. The van der Waals surface area contributed by atoms with E-state index in [1.165, 1.54) is 80.9 Å². The molecular weight excluding hydrogens is 532 g/mol. The van der Waals surface area contributed by atoms with Crippen molar-refractivity contribution in [2.24, 2.45) is 0 Å². The summed E-state index contributed by atoms with van der Waals surface area (Å²) in [7, 11) is 0. The van der Waals surface area contributed by atoms with Gasteiger partial charge in [0.2, 0.25) is 0 Å². The van der Waals surface area contributed by atoms with Crippen LogP contribution in [-0.4, -0.2) is 25.2 Å². The average Bonchev–Trinajstić information content (AvgIpc) is 3.49. The maximum atomic E-state index is 12.4. The van der Waals surface area contributed by atoms with Gasteiger partial charge in [0, 0.05) is 5.92 Å². The molecule has 4 nitrogen and oxygen atoms in total. The summed E-state index contributed by atoms with van der Waals surface area (Å²) < 4.78 is 10.7. The van der Waals surface area contributed by atoms with E-state index in [4.69, 9.17) is 9.47 Å². The van der Waals surface area contributed by atoms with Gasteiger partial charge < -0.3 is 9.47 Å². The average molecular weight is 585 g/mol. The van der Waals surface area contributed by atoms with Crippen molar-refractivity contribution >= 4 is 11.9 Å². The van der Waals surface area contributed by atoms with Crippen molar-refractivity contribution in [3.63, 3.8) is 0 Å². The fraction of sp³-hybridized carbons (Fsp3) is 0.487. The second-order valence-corrected chi connectivity index (χ2v) is 11.6. The van der Waals surface area contributed by atoms with Crippen LogP contribution in [0, 0.1) is 0 Å². The first-order valence-corrected chi connectivity index (χ1v) is 16.7. The van der Waals surface area contributed by atoms with Crippen molar-refractivity contribution in [3.8, 4) is 0 Å². The van der Waals surface area contributed by atoms with Crippen LogP contribution in [0.25, 0.3) is 0 Å². The van der Waals surface area contributed by atoms with Gasteiger partial charge in [-0.15, -0.1) is 0 Å². The Labute approximate surface area is 260 Å². The van der Waals surface area contributed by atoms with Gasteiger partial charge >= 0.3 is 11.9 Å². The SMILES string of the molecule is CCCCCCCCOC(=O)c1ccccc1C(=O)OCCCCCCCC.c1ccc(C2CCc3ccccc32)cc1. The lowest BCUT2D eigenvalue weighted by atomic mass is 9.93. The van der Waals surface area contributed by atoms with Crippen LogP contribution in [0.4, 0.5) is 0 Å². The minimum absolute atomic E-state index is 0.293. The molecule has 0 spiro atoms. The third-order valence-electron chi connectivity index (χ3n) is 8.16. The summed E-state index contributed by atoms with van der Waals surface area (Å²) >= 11 is 0. The number of carbonyl (C=O) groups is 2. The van der Waals surface area contributed by atoms with E-state index in [1.54, 1.807) is 24.3 Å². The molecule has 0 radical (unpaired) electrons. The van der Waals surface area contributed by atoms with Crippen LogP contribution < -0.4 is 0 Å². The standard InChI is InChI=1S/C24H38O4.C15H14/c1-3-5-7-9-11-15-19-27-23(25)21-17-13-14-18-22(21)24(26)28-20-16-12-10-8-6-4-2;1-2-6-12(7-3-1)15-11-10-13-8-4-5-9-14(13)15/h13-14,17-18H,3-12,15-16,19-20H2,1-2H3;1-9,15H,10-11H2. The molecule has 0 amide bonds. The number of unbranched alkanes of at least 4 members (excludes halogenated alkanes) is 10. The molecule has 43 heavy (non-hydrogen) atoms. The van der Waals surface area contributed by atoms with Crippen molar-refractivity contribution in [2.75, 3.05) is 13.2 Å². The summed E-state index contributed by atoms with van der Waals surface area (Å²) in [6.45, 7) is 5.17. The predicted octanol–water partition coefficient (Wildman–Crippen LogP) is 10.5. The van der Waals surface area contributed by atoms with E-state index in [2.05, 4.69) is 68.4 Å². The van der Waals surface area contributed by atoms with Crippen molar-refractivity contribution in [3.05, 3.63) is 107 Å². The van der Waals surface area contributed by atoms with E-state index in [-0.39, 0.29) is 0 Å². The van der Waals surface area contributed by atoms with E-state index < -0.39 is 11.9 Å². The Kier molecular flexibility index (Phi) is 16.3. The van der Waals surface area contributed by atoms with Gasteiger partial charge in [-0.05, 0) is 54.5 Å². The molecule has 3 aromatic carbocycles. The quantitative estimate of drug-likeness (QED) is 0.117. The topological polar surface area (TPSA) is 52.6 Å². The second-order valence-electron chi connectivity index (χ2n) is 11.6. The van der Waals surface area contributed by atoms with Crippen LogP contribution >= 0.6 is 0 Å². The van der Waals surface area contributed by atoms with Gasteiger partial charge in [-0.2, -0.15) is 0 Å². The summed E-state index contributed by atoms with van der Waals surface area (Å²) in [6.07, 6.45) is 16.1. The lowest BCUT2D eigenvalue weighted by Gasteiger charge is -2.11. The number of hydrogen-bond donors (Lipinski definition) is 0. The molecule has 0 heterocycles. The molecule has 1 unspecified atom stereocenters. The van der Waals surface area contributed by atoms with E-state index in [9.17, 15) is 9.59 Å². The smallest absolute Gasteiger partial charge is 0.339 e. The highest BCUT2D eigenvalue weighted by molar-refractivity contribution is 6.03. The first-order valence-electron chi connectivity index (χ1n) is 16.7. The Hall–Kier alpha value is -3.40. The van der Waals surface area contributed by atoms with Gasteiger partial charge in [-0.25, -0.2) is 9.59 Å². The molecule has 4 heteroatoms. The number of carbonyl (C=O) groups excluding carboxylic acids is 2. The highest BCUT2D eigenvalue weighted by Gasteiger charge is 2.23. The Morgan fingerprint density at radius 2 is 1.05 bits per heavy atom. The molecule has 1 aliphatic carbocycles. The first-order chi connectivity index (χ1) is 21.2. The molecule has 3 aromatic rings. The molecule has 0 saturated heterocycles. The highest BCUT2D eigenvalue weighted by Crippen LogP contribution is 2.37. The lowest BCUT2D eigenvalue weighted by Crippen LogP contribution is -2.15. The molecule has 1 aliphatic rings. The third-order valence-corrected chi connectivity index (χ3v) is 8.16. The Morgan fingerprint density at radius 1 is 0.581 bits per heavy atom. The van der Waals surface area contributed by atoms with Crippen molar-refractivity contribution in [2.45, 2.75) is 110 Å². The normalized spacial score (nSPS) is 13.5. The minimum Gasteiger partial charge on any atom is -0.462 e. The van der Waals surface area contributed by atoms with Crippen LogP contribution in [0.15, 0.2) is 78.9 Å². The molecule has 0 aliphatic heterocycles. The summed E-state index contributed by atoms with van der Waals surface area (Å²) in [5, 5.41) is 0. The third kappa shape index (κ3) is 12.0. The van der Waals surface area contributed by atoms with Crippen LogP contribution in [-0.2, 0) is 15.9 Å². The van der Waals surface area contributed by atoms with Gasteiger partial charge in [0.15, 0.2) is 0 Å². The zero-order valence-corrected chi connectivity index (χ0v) is 26.5. The number of fused-ring (bicyclic) bond motifs is 1. The van der Waals surface area contributed by atoms with Crippen LogP contribution in [0.3, 0.4) is 0 Å². The Balaban J connectivity index is 0.000000278. The molecular formula is C39H52O4. The molecule has 4 rings (SSSR count). The predicted molar refractivity (Wildman–Crippen MR) is 177 cm³/mol. The number of hydrogen-bond acceptors (Lipinski definition) is 4. The number of esters is 2. The Bertz CT molecular complexity index is 1150. The van der Waals surface area contributed by atoms with E-state index in [1.807, 2.05) is 0 Å². The fourth-order valence-corrected chi connectivity index (χ4v) is 5.68. The summed E-state index contributed by atoms with van der Waals surface area (Å²) in [6, 6.07) is 26.4. The lowest BCUT2D eigenvalue weighted by molar-refractivity contribution is 0.0450. The van der Waals surface area contributed by atoms with Crippen LogP contribution in [0.2, 0.25) is 0 Å². The summed E-state index contributed by atoms with van der Waals surface area (Å²) in [4.78, 5) is 24.7. The zero-order chi connectivity index (χ0) is 30.5. The molecule has 0 aromatic heterocycles. The van der Waals surface area contributed by atoms with Gasteiger partial charge in [0.05, 0.1) is 24.3 Å². The van der Waals surface area contributed by atoms with Gasteiger partial charge in [-0.3, -0.25) is 0 Å². The molecule has 0 fully saturated rings. The second kappa shape index (κ2) is 20.5. The monoisotopic (exact) mass is 584 g/mol. The molecule has 232 valence electrons. The van der Waals surface area contributed by atoms with Gasteiger partial charge in [-0.1, -0.05) is 145 Å². The minimum atomic E-state index is -0.444. The van der Waals surface area contributed by atoms with Crippen molar-refractivity contribution < 1.29 is 19.1 Å². The maximum absolute atomic E-state index is 12.4.